The number of aliphatic hydroxyl groups is 3. The maximum absolute atomic E-state index is 11.7. The molecule has 4 heteroatoms. The second kappa shape index (κ2) is 6.46. The third-order valence-electron chi connectivity index (χ3n) is 3.72. The van der Waals surface area contributed by atoms with Crippen molar-refractivity contribution in [3.63, 3.8) is 0 Å². The second-order valence-electron chi connectivity index (χ2n) is 5.75. The van der Waals surface area contributed by atoms with Crippen molar-refractivity contribution in [3.8, 4) is 0 Å². The number of allylic oxidation sites excluding steroid dienone is 2. The topological polar surface area (TPSA) is 77.8 Å². The van der Waals surface area contributed by atoms with Crippen LogP contribution in [0, 0.1) is 5.92 Å². The van der Waals surface area contributed by atoms with Crippen molar-refractivity contribution in [1.82, 2.24) is 0 Å². The van der Waals surface area contributed by atoms with Crippen LogP contribution >= 0.6 is 0 Å². The van der Waals surface area contributed by atoms with Crippen LogP contribution in [0.2, 0.25) is 0 Å². The van der Waals surface area contributed by atoms with E-state index >= 15 is 0 Å². The predicted molar refractivity (Wildman–Crippen MR) is 73.6 cm³/mol. The monoisotopic (exact) mass is 268 g/mol. The molecule has 0 aliphatic heterocycles. The van der Waals surface area contributed by atoms with E-state index in [1.807, 2.05) is 19.9 Å². The number of rotatable bonds is 5. The summed E-state index contributed by atoms with van der Waals surface area (Å²) >= 11 is 0. The molecular formula is C15H24O4. The molecule has 19 heavy (non-hydrogen) atoms. The Hall–Kier alpha value is -0.970. The maximum Gasteiger partial charge on any atom is 0.161 e. The second-order valence-corrected chi connectivity index (χ2v) is 5.75. The van der Waals surface area contributed by atoms with Gasteiger partial charge in [0.15, 0.2) is 5.78 Å². The van der Waals surface area contributed by atoms with Crippen molar-refractivity contribution in [3.05, 3.63) is 23.3 Å². The standard InChI is InChI=1S/C15H24O4/c1-10(2)5-4-6-15(3,19)12-8-13(17)11(9-16)7-14(12)18/h5,7,12,14,16,18-19H,4,6,8-9H2,1-3H3/t12?,14-,15?/m0/s1. The molecule has 0 fully saturated rings. The third kappa shape index (κ3) is 4.27. The lowest BCUT2D eigenvalue weighted by Crippen LogP contribution is -2.45. The minimum atomic E-state index is -1.10. The molecule has 1 rings (SSSR count). The number of hydrogen-bond donors (Lipinski definition) is 3. The van der Waals surface area contributed by atoms with Gasteiger partial charge in [0.05, 0.1) is 18.3 Å². The summed E-state index contributed by atoms with van der Waals surface area (Å²) in [6, 6.07) is 0. The molecular weight excluding hydrogens is 244 g/mol. The Bertz CT molecular complexity index is 389. The lowest BCUT2D eigenvalue weighted by Gasteiger charge is -2.37. The van der Waals surface area contributed by atoms with Crippen molar-refractivity contribution >= 4 is 5.78 Å². The van der Waals surface area contributed by atoms with Crippen molar-refractivity contribution in [2.45, 2.75) is 51.7 Å². The summed E-state index contributed by atoms with van der Waals surface area (Å²) in [4.78, 5) is 11.7. The van der Waals surface area contributed by atoms with E-state index < -0.39 is 17.6 Å². The highest BCUT2D eigenvalue weighted by molar-refractivity contribution is 5.96. The summed E-state index contributed by atoms with van der Waals surface area (Å²) in [5.41, 5.74) is 0.320. The van der Waals surface area contributed by atoms with Crippen LogP contribution in [0.4, 0.5) is 0 Å². The van der Waals surface area contributed by atoms with Crippen LogP contribution in [0.1, 0.15) is 40.0 Å². The molecule has 108 valence electrons. The number of Topliss-reactive ketones (excluding diaryl/α,β-unsaturated/α-hetero) is 1. The Morgan fingerprint density at radius 3 is 2.68 bits per heavy atom. The summed E-state index contributed by atoms with van der Waals surface area (Å²) in [5, 5.41) is 29.5. The average molecular weight is 268 g/mol. The van der Waals surface area contributed by atoms with Crippen LogP contribution in [-0.4, -0.2) is 39.4 Å². The molecule has 0 saturated carbocycles. The van der Waals surface area contributed by atoms with Gasteiger partial charge in [-0.25, -0.2) is 0 Å². The zero-order valence-corrected chi connectivity index (χ0v) is 11.9. The first kappa shape index (κ1) is 16.1. The minimum absolute atomic E-state index is 0.0788. The number of hydrogen-bond acceptors (Lipinski definition) is 4. The Morgan fingerprint density at radius 2 is 2.16 bits per heavy atom. The molecule has 0 amide bonds. The van der Waals surface area contributed by atoms with Crippen molar-refractivity contribution in [2.24, 2.45) is 5.92 Å². The Kier molecular flexibility index (Phi) is 5.47. The van der Waals surface area contributed by atoms with Crippen LogP contribution in [0.3, 0.4) is 0 Å². The van der Waals surface area contributed by atoms with E-state index in [0.717, 1.165) is 0 Å². The van der Waals surface area contributed by atoms with Gasteiger partial charge in [0.25, 0.3) is 0 Å². The molecule has 0 spiro atoms. The number of aliphatic hydroxyl groups excluding tert-OH is 2. The van der Waals surface area contributed by atoms with E-state index in [1.165, 1.54) is 11.6 Å². The van der Waals surface area contributed by atoms with Gasteiger partial charge in [-0.3, -0.25) is 4.79 Å². The van der Waals surface area contributed by atoms with Gasteiger partial charge in [0.2, 0.25) is 0 Å². The van der Waals surface area contributed by atoms with E-state index in [9.17, 15) is 15.0 Å². The lowest BCUT2D eigenvalue weighted by molar-refractivity contribution is -0.124. The van der Waals surface area contributed by atoms with E-state index in [1.54, 1.807) is 6.92 Å². The van der Waals surface area contributed by atoms with Gasteiger partial charge in [-0.2, -0.15) is 0 Å². The van der Waals surface area contributed by atoms with Gasteiger partial charge in [-0.15, -0.1) is 0 Å². The number of carbonyl (C=O) groups is 1. The Balaban J connectivity index is 2.76. The molecule has 3 atom stereocenters. The van der Waals surface area contributed by atoms with Crippen LogP contribution in [0.15, 0.2) is 23.3 Å². The molecule has 1 aliphatic carbocycles. The maximum atomic E-state index is 11.7. The molecule has 0 radical (unpaired) electrons. The summed E-state index contributed by atoms with van der Waals surface area (Å²) in [5.74, 6) is -0.707. The Morgan fingerprint density at radius 1 is 1.53 bits per heavy atom. The van der Waals surface area contributed by atoms with Crippen LogP contribution in [-0.2, 0) is 4.79 Å². The van der Waals surface area contributed by atoms with Crippen molar-refractivity contribution < 1.29 is 20.1 Å². The molecule has 0 heterocycles. The largest absolute Gasteiger partial charge is 0.392 e. The molecule has 0 saturated heterocycles. The fourth-order valence-electron chi connectivity index (χ4n) is 2.43. The molecule has 3 N–H and O–H groups in total. The van der Waals surface area contributed by atoms with Crippen LogP contribution in [0.25, 0.3) is 0 Å². The predicted octanol–water partition coefficient (Wildman–Crippen LogP) is 1.35. The van der Waals surface area contributed by atoms with Gasteiger partial charge in [0.1, 0.15) is 0 Å². The quantitative estimate of drug-likeness (QED) is 0.658. The average Bonchev–Trinajstić information content (AvgIpc) is 2.30. The fraction of sp³-hybridized carbons (Fsp3) is 0.667. The molecule has 0 aromatic carbocycles. The van der Waals surface area contributed by atoms with E-state index in [2.05, 4.69) is 0 Å². The third-order valence-corrected chi connectivity index (χ3v) is 3.72. The first-order valence-electron chi connectivity index (χ1n) is 6.66. The van der Waals surface area contributed by atoms with E-state index in [-0.39, 0.29) is 24.4 Å². The lowest BCUT2D eigenvalue weighted by atomic mass is 9.74. The molecule has 4 nitrogen and oxygen atoms in total. The highest BCUT2D eigenvalue weighted by Crippen LogP contribution is 2.33. The molecule has 0 aromatic heterocycles. The van der Waals surface area contributed by atoms with Crippen molar-refractivity contribution in [2.75, 3.05) is 6.61 Å². The zero-order chi connectivity index (χ0) is 14.6. The molecule has 0 bridgehead atoms. The van der Waals surface area contributed by atoms with Crippen LogP contribution < -0.4 is 0 Å². The SMILES string of the molecule is CC(C)=CCCC(C)(O)C1CC(=O)C(CO)=C[C@@H]1O. The molecule has 2 unspecified atom stereocenters. The van der Waals surface area contributed by atoms with Crippen molar-refractivity contribution in [1.29, 1.82) is 0 Å². The van der Waals surface area contributed by atoms with Gasteiger partial charge in [0, 0.05) is 17.9 Å². The van der Waals surface area contributed by atoms with Gasteiger partial charge in [-0.05, 0) is 39.7 Å². The fourth-order valence-corrected chi connectivity index (χ4v) is 2.43. The highest BCUT2D eigenvalue weighted by Gasteiger charge is 2.40. The first-order chi connectivity index (χ1) is 8.77. The molecule has 0 aromatic rings. The summed E-state index contributed by atoms with van der Waals surface area (Å²) in [6.07, 6.45) is 3.79. The van der Waals surface area contributed by atoms with E-state index in [4.69, 9.17) is 5.11 Å². The summed E-state index contributed by atoms with van der Waals surface area (Å²) in [7, 11) is 0. The number of ketones is 1. The van der Waals surface area contributed by atoms with E-state index in [0.29, 0.717) is 12.8 Å². The summed E-state index contributed by atoms with van der Waals surface area (Å²) in [6.45, 7) is 5.28. The smallest absolute Gasteiger partial charge is 0.161 e. The highest BCUT2D eigenvalue weighted by atomic mass is 16.3. The van der Waals surface area contributed by atoms with Gasteiger partial charge >= 0.3 is 0 Å². The Labute approximate surface area is 114 Å². The summed E-state index contributed by atoms with van der Waals surface area (Å²) < 4.78 is 0. The minimum Gasteiger partial charge on any atom is -0.392 e. The van der Waals surface area contributed by atoms with Gasteiger partial charge in [-0.1, -0.05) is 11.6 Å². The number of carbonyl (C=O) groups excluding carboxylic acids is 1. The normalized spacial score (nSPS) is 26.6. The van der Waals surface area contributed by atoms with Gasteiger partial charge < -0.3 is 15.3 Å². The van der Waals surface area contributed by atoms with Crippen LogP contribution in [0.5, 0.6) is 0 Å². The first-order valence-corrected chi connectivity index (χ1v) is 6.66. The molecule has 1 aliphatic rings. The zero-order valence-electron chi connectivity index (χ0n) is 11.9.